The zero-order valence-corrected chi connectivity index (χ0v) is 21.9. The highest BCUT2D eigenvalue weighted by Crippen LogP contribution is 2.29. The number of carbonyl (C=O) groups is 1. The molecule has 0 bridgehead atoms. The number of nitrogens with zero attached hydrogens (tertiary/aromatic N) is 3. The number of halogens is 2. The molecular formula is C27H31ClFN5O4. The van der Waals surface area contributed by atoms with Gasteiger partial charge in [-0.25, -0.2) is 14.2 Å². The molecule has 0 radical (unpaired) electrons. The molecule has 3 heterocycles. The second kappa shape index (κ2) is 12.9. The van der Waals surface area contributed by atoms with Crippen molar-refractivity contribution in [3.8, 4) is 5.88 Å². The normalized spacial score (nSPS) is 17.4. The van der Waals surface area contributed by atoms with Gasteiger partial charge < -0.3 is 24.8 Å². The minimum Gasteiger partial charge on any atom is -0.477 e. The van der Waals surface area contributed by atoms with Gasteiger partial charge in [0.2, 0.25) is 5.88 Å². The minimum absolute atomic E-state index is 0.0724. The van der Waals surface area contributed by atoms with Crippen LogP contribution < -0.4 is 10.1 Å². The van der Waals surface area contributed by atoms with Gasteiger partial charge in [-0.05, 0) is 44.1 Å². The van der Waals surface area contributed by atoms with Gasteiger partial charge in [0, 0.05) is 66.4 Å². The topological polar surface area (TPSA) is 111 Å². The molecule has 9 nitrogen and oxygen atoms in total. The number of methoxy groups -OCH3 is 1. The molecule has 0 saturated carbocycles. The summed E-state index contributed by atoms with van der Waals surface area (Å²) < 4.78 is 25.0. The lowest BCUT2D eigenvalue weighted by atomic mass is 9.93. The fourth-order valence-electron chi connectivity index (χ4n) is 4.51. The Balaban J connectivity index is 1.32. The van der Waals surface area contributed by atoms with E-state index in [2.05, 4.69) is 15.2 Å². The van der Waals surface area contributed by atoms with Gasteiger partial charge in [0.25, 0.3) is 0 Å². The number of piperidine rings is 1. The van der Waals surface area contributed by atoms with Crippen molar-refractivity contribution in [2.45, 2.75) is 25.4 Å². The zero-order chi connectivity index (χ0) is 27.1. The largest absolute Gasteiger partial charge is 0.477 e. The lowest BCUT2D eigenvalue weighted by molar-refractivity contribution is -0.129. The van der Waals surface area contributed by atoms with Crippen LogP contribution in [0.3, 0.4) is 0 Å². The Morgan fingerprint density at radius 2 is 2.11 bits per heavy atom. The van der Waals surface area contributed by atoms with Gasteiger partial charge in [0.05, 0.1) is 6.61 Å². The van der Waals surface area contributed by atoms with Crippen molar-refractivity contribution in [1.29, 1.82) is 5.41 Å². The predicted molar refractivity (Wildman–Crippen MR) is 142 cm³/mol. The molecule has 38 heavy (non-hydrogen) atoms. The quantitative estimate of drug-likeness (QED) is 0.365. The van der Waals surface area contributed by atoms with E-state index in [0.717, 1.165) is 37.3 Å². The monoisotopic (exact) mass is 543 g/mol. The highest BCUT2D eigenvalue weighted by molar-refractivity contribution is 6.39. The van der Waals surface area contributed by atoms with E-state index in [9.17, 15) is 9.18 Å². The van der Waals surface area contributed by atoms with Crippen LogP contribution in [0.4, 0.5) is 4.39 Å². The van der Waals surface area contributed by atoms with Crippen molar-refractivity contribution < 1.29 is 23.8 Å². The van der Waals surface area contributed by atoms with E-state index in [1.165, 1.54) is 12.1 Å². The lowest BCUT2D eigenvalue weighted by Gasteiger charge is -2.33. The molecule has 2 aromatic rings. The van der Waals surface area contributed by atoms with Gasteiger partial charge in [-0.1, -0.05) is 23.7 Å². The Labute approximate surface area is 226 Å². The molecule has 2 aliphatic heterocycles. The molecule has 0 unspecified atom stereocenters. The van der Waals surface area contributed by atoms with E-state index in [4.69, 9.17) is 31.6 Å². The fraction of sp³-hybridized carbons (Fsp3) is 0.370. The molecule has 1 aromatic carbocycles. The molecule has 11 heteroatoms. The third-order valence-corrected chi connectivity index (χ3v) is 6.82. The number of likely N-dealkylation sites (tertiary alicyclic amines) is 1. The molecule has 0 amide bonds. The van der Waals surface area contributed by atoms with Gasteiger partial charge in [-0.15, -0.1) is 0 Å². The van der Waals surface area contributed by atoms with E-state index in [-0.39, 0.29) is 12.5 Å². The molecule has 4 rings (SSSR count). The van der Waals surface area contributed by atoms with Crippen LogP contribution in [0, 0.1) is 11.2 Å². The van der Waals surface area contributed by atoms with Gasteiger partial charge in [0.1, 0.15) is 24.0 Å². The molecule has 0 atom stereocenters. The second-order valence-electron chi connectivity index (χ2n) is 9.15. The first-order valence-corrected chi connectivity index (χ1v) is 12.7. The van der Waals surface area contributed by atoms with Crippen molar-refractivity contribution >= 4 is 23.3 Å². The van der Waals surface area contributed by atoms with Crippen LogP contribution in [0.1, 0.15) is 30.0 Å². The summed E-state index contributed by atoms with van der Waals surface area (Å²) in [4.78, 5) is 20.1. The standard InChI is InChI=1S/C27H31ClFN5O4/c1-37-12-11-34-21(15-31-25(34)14-23(30)27(35)36)16-33-9-7-18(8-10-33)24-3-2-4-26(32-24)38-17-19-5-6-20(28)13-22(19)29/h2-6,13-15,18,30-31H,7-12,16-17H2,1H3,(H,35,36)/b25-14+,30-23?. The van der Waals surface area contributed by atoms with E-state index >= 15 is 0 Å². The van der Waals surface area contributed by atoms with Gasteiger partial charge in [0.15, 0.2) is 0 Å². The number of aliphatic carboxylic acids is 1. The number of benzene rings is 1. The predicted octanol–water partition coefficient (Wildman–Crippen LogP) is 3.97. The number of pyridine rings is 1. The van der Waals surface area contributed by atoms with Gasteiger partial charge in [-0.2, -0.15) is 0 Å². The summed E-state index contributed by atoms with van der Waals surface area (Å²) in [7, 11) is 1.62. The maximum Gasteiger partial charge on any atom is 0.353 e. The van der Waals surface area contributed by atoms with Crippen LogP contribution >= 0.6 is 11.6 Å². The van der Waals surface area contributed by atoms with Crippen molar-refractivity contribution in [1.82, 2.24) is 20.1 Å². The van der Waals surface area contributed by atoms with Crippen LogP contribution in [0.2, 0.25) is 5.02 Å². The summed E-state index contributed by atoms with van der Waals surface area (Å²) in [5.74, 6) is -0.381. The Kier molecular flexibility index (Phi) is 9.33. The first-order chi connectivity index (χ1) is 18.3. The maximum absolute atomic E-state index is 14.1. The van der Waals surface area contributed by atoms with Crippen LogP contribution in [-0.2, 0) is 16.1 Å². The molecule has 1 fully saturated rings. The van der Waals surface area contributed by atoms with Gasteiger partial charge in [-0.3, -0.25) is 10.3 Å². The number of nitrogens with one attached hydrogen (secondary N) is 2. The molecule has 0 aliphatic carbocycles. The average Bonchev–Trinajstić information content (AvgIpc) is 3.27. The minimum atomic E-state index is -1.28. The SMILES string of the molecule is COCCN1C(CN2CCC(c3cccc(OCc4ccc(Cl)cc4F)n3)CC2)=CN/C1=C\C(=N)C(=O)O. The number of hydrogen-bond acceptors (Lipinski definition) is 8. The van der Waals surface area contributed by atoms with E-state index in [1.54, 1.807) is 25.3 Å². The highest BCUT2D eigenvalue weighted by Gasteiger charge is 2.27. The summed E-state index contributed by atoms with van der Waals surface area (Å²) in [5, 5.41) is 20.2. The van der Waals surface area contributed by atoms with Crippen molar-refractivity contribution in [2.24, 2.45) is 0 Å². The summed E-state index contributed by atoms with van der Waals surface area (Å²) >= 11 is 5.82. The number of rotatable bonds is 11. The smallest absolute Gasteiger partial charge is 0.353 e. The molecule has 1 saturated heterocycles. The zero-order valence-electron chi connectivity index (χ0n) is 21.1. The molecule has 202 valence electrons. The summed E-state index contributed by atoms with van der Waals surface area (Å²) in [6.07, 6.45) is 5.02. The third-order valence-electron chi connectivity index (χ3n) is 6.58. The van der Waals surface area contributed by atoms with Crippen molar-refractivity contribution in [3.05, 3.63) is 82.3 Å². The van der Waals surface area contributed by atoms with Crippen molar-refractivity contribution in [3.63, 3.8) is 0 Å². The number of ether oxygens (including phenoxy) is 2. The maximum atomic E-state index is 14.1. The van der Waals surface area contributed by atoms with Crippen LogP contribution in [0.25, 0.3) is 0 Å². The Bertz CT molecular complexity index is 1230. The Morgan fingerprint density at radius 1 is 1.32 bits per heavy atom. The molecule has 0 spiro atoms. The van der Waals surface area contributed by atoms with E-state index in [1.807, 2.05) is 23.2 Å². The summed E-state index contributed by atoms with van der Waals surface area (Å²) in [6.45, 7) is 3.50. The number of carboxylic acids is 1. The Morgan fingerprint density at radius 3 is 2.82 bits per heavy atom. The number of carboxylic acid groups (broad SMARTS) is 1. The fourth-order valence-corrected chi connectivity index (χ4v) is 4.67. The number of aromatic nitrogens is 1. The van der Waals surface area contributed by atoms with Crippen LogP contribution in [-0.4, -0.2) is 71.5 Å². The third kappa shape index (κ3) is 7.09. The Hall–Kier alpha value is -3.47. The van der Waals surface area contributed by atoms with Crippen LogP contribution in [0.15, 0.2) is 60.2 Å². The van der Waals surface area contributed by atoms with E-state index < -0.39 is 17.5 Å². The first-order valence-electron chi connectivity index (χ1n) is 12.4. The average molecular weight is 544 g/mol. The molecule has 1 aromatic heterocycles. The molecular weight excluding hydrogens is 513 g/mol. The first kappa shape index (κ1) is 27.6. The number of hydrogen-bond donors (Lipinski definition) is 3. The van der Waals surface area contributed by atoms with Crippen molar-refractivity contribution in [2.75, 3.05) is 39.9 Å². The summed E-state index contributed by atoms with van der Waals surface area (Å²) in [5.41, 5.74) is 1.89. The highest BCUT2D eigenvalue weighted by atomic mass is 35.5. The molecule has 3 N–H and O–H groups in total. The second-order valence-corrected chi connectivity index (χ2v) is 9.58. The lowest BCUT2D eigenvalue weighted by Crippen LogP contribution is -2.38. The molecule has 2 aliphatic rings. The summed E-state index contributed by atoms with van der Waals surface area (Å²) in [6, 6.07) is 10.2. The van der Waals surface area contributed by atoms with Crippen LogP contribution in [0.5, 0.6) is 5.88 Å². The van der Waals surface area contributed by atoms with E-state index in [0.29, 0.717) is 42.0 Å². The van der Waals surface area contributed by atoms with Gasteiger partial charge >= 0.3 is 5.97 Å².